The number of piperidine rings is 1. The number of benzene rings is 2. The number of likely N-dealkylation sites (tertiary alicyclic amines) is 1. The summed E-state index contributed by atoms with van der Waals surface area (Å²) in [4.78, 5) is 24.2. The van der Waals surface area contributed by atoms with E-state index in [2.05, 4.69) is 14.6 Å². The van der Waals surface area contributed by atoms with Crippen LogP contribution in [0.15, 0.2) is 60.9 Å². The quantitative estimate of drug-likeness (QED) is 0.212. The zero-order chi connectivity index (χ0) is 32.2. The monoisotopic (exact) mass is 623 g/mol. The number of carbonyl (C=O) groups is 1. The van der Waals surface area contributed by atoms with Crippen LogP contribution in [0.1, 0.15) is 51.8 Å². The Morgan fingerprint density at radius 2 is 1.98 bits per heavy atom. The Morgan fingerprint density at radius 3 is 2.67 bits per heavy atom. The molecule has 11 nitrogen and oxygen atoms in total. The molecule has 1 aliphatic heterocycles. The van der Waals surface area contributed by atoms with Gasteiger partial charge in [-0.15, -0.1) is 0 Å². The first-order valence-electron chi connectivity index (χ1n) is 15.1. The van der Waals surface area contributed by atoms with Gasteiger partial charge in [0.2, 0.25) is 5.88 Å². The summed E-state index contributed by atoms with van der Waals surface area (Å²) in [5.74, 6) is 0.0464. The van der Waals surface area contributed by atoms with Gasteiger partial charge < -0.3 is 19.1 Å². The second kappa shape index (κ2) is 13.5. The summed E-state index contributed by atoms with van der Waals surface area (Å²) in [5, 5.41) is 23.1. The average molecular weight is 624 g/mol. The molecule has 46 heavy (non-hydrogen) atoms. The lowest BCUT2D eigenvalue weighted by molar-refractivity contribution is 0.0697. The minimum atomic E-state index is -1.00. The number of pyridine rings is 1. The number of hydrogen-bond acceptors (Lipinski definition) is 8. The first-order chi connectivity index (χ1) is 22.3. The van der Waals surface area contributed by atoms with E-state index in [1.807, 2.05) is 31.4 Å². The van der Waals surface area contributed by atoms with Crippen molar-refractivity contribution in [3.63, 3.8) is 0 Å². The third-order valence-corrected chi connectivity index (χ3v) is 8.39. The number of aromatic carboxylic acids is 1. The molecular formula is C34H34FN7O4. The van der Waals surface area contributed by atoms with Gasteiger partial charge in [-0.1, -0.05) is 12.1 Å². The standard InChI is InChI=1S/C34H34FN7O4/c1-40-19-26(18-37-40)27-15-25(34(43)44)16-30-33(27)39-31(42(30)12-13-45-2)20-41-10-8-23(9-11-41)29-4-3-5-32(38-29)46-21-24-7-6-22(17-36)14-28(24)35/h3-7,14-16,18-19,23H,8-13,20-21H2,1-2H3,(H,43,44). The number of fused-ring (bicyclic) bond motifs is 1. The molecule has 0 spiro atoms. The van der Waals surface area contributed by atoms with Crippen molar-refractivity contribution >= 4 is 17.0 Å². The Morgan fingerprint density at radius 1 is 1.15 bits per heavy atom. The molecule has 5 aromatic rings. The molecule has 0 unspecified atom stereocenters. The third kappa shape index (κ3) is 6.61. The highest BCUT2D eigenvalue weighted by atomic mass is 19.1. The molecule has 1 fully saturated rings. The van der Waals surface area contributed by atoms with Crippen molar-refractivity contribution in [2.24, 2.45) is 7.05 Å². The molecule has 4 heterocycles. The van der Waals surface area contributed by atoms with Gasteiger partial charge in [-0.25, -0.2) is 19.2 Å². The smallest absolute Gasteiger partial charge is 0.335 e. The number of aromatic nitrogens is 5. The van der Waals surface area contributed by atoms with E-state index in [1.165, 1.54) is 6.07 Å². The summed E-state index contributed by atoms with van der Waals surface area (Å²) in [7, 11) is 3.47. The Balaban J connectivity index is 1.17. The summed E-state index contributed by atoms with van der Waals surface area (Å²) in [6.45, 7) is 3.29. The maximum atomic E-state index is 14.3. The molecule has 0 bridgehead atoms. The highest BCUT2D eigenvalue weighted by molar-refractivity contribution is 6.00. The number of nitrogens with zero attached hydrogens (tertiary/aromatic N) is 7. The van der Waals surface area contributed by atoms with Crippen molar-refractivity contribution in [2.45, 2.75) is 38.5 Å². The maximum absolute atomic E-state index is 14.3. The van der Waals surface area contributed by atoms with Gasteiger partial charge in [-0.3, -0.25) is 9.58 Å². The van der Waals surface area contributed by atoms with Crippen LogP contribution >= 0.6 is 0 Å². The molecule has 1 aliphatic rings. The molecule has 0 radical (unpaired) electrons. The molecule has 1 saturated heterocycles. The van der Waals surface area contributed by atoms with Crippen molar-refractivity contribution in [2.75, 3.05) is 26.8 Å². The summed E-state index contributed by atoms with van der Waals surface area (Å²) in [6.07, 6.45) is 5.36. The van der Waals surface area contributed by atoms with Gasteiger partial charge in [0, 0.05) is 61.3 Å². The second-order valence-corrected chi connectivity index (χ2v) is 11.4. The lowest BCUT2D eigenvalue weighted by Gasteiger charge is -2.31. The fraction of sp³-hybridized carbons (Fsp3) is 0.324. The van der Waals surface area contributed by atoms with Crippen LogP contribution < -0.4 is 4.74 Å². The molecule has 2 aromatic carbocycles. The number of imidazole rings is 1. The number of nitriles is 1. The summed E-state index contributed by atoms with van der Waals surface area (Å²) < 4.78 is 29.3. The maximum Gasteiger partial charge on any atom is 0.335 e. The first-order valence-corrected chi connectivity index (χ1v) is 15.1. The normalized spacial score (nSPS) is 14.0. The highest BCUT2D eigenvalue weighted by Crippen LogP contribution is 2.33. The van der Waals surface area contributed by atoms with E-state index in [0.717, 1.165) is 59.6 Å². The number of carboxylic acid groups (broad SMARTS) is 1. The zero-order valence-electron chi connectivity index (χ0n) is 25.7. The Labute approximate surface area is 265 Å². The fourth-order valence-electron chi connectivity index (χ4n) is 5.94. The molecule has 0 aliphatic carbocycles. The number of methoxy groups -OCH3 is 1. The predicted octanol–water partition coefficient (Wildman–Crippen LogP) is 5.15. The van der Waals surface area contributed by atoms with Crippen LogP contribution in [-0.4, -0.2) is 67.1 Å². The number of carboxylic acids is 1. The van der Waals surface area contributed by atoms with E-state index in [1.54, 1.807) is 48.3 Å². The van der Waals surface area contributed by atoms with Gasteiger partial charge in [0.1, 0.15) is 18.2 Å². The topological polar surface area (TPSA) is 131 Å². The van der Waals surface area contributed by atoms with Crippen LogP contribution in [0.3, 0.4) is 0 Å². The molecular weight excluding hydrogens is 589 g/mol. The lowest BCUT2D eigenvalue weighted by atomic mass is 9.93. The van der Waals surface area contributed by atoms with Gasteiger partial charge in [-0.05, 0) is 56.3 Å². The van der Waals surface area contributed by atoms with Crippen molar-refractivity contribution in [3.8, 4) is 23.1 Å². The summed E-state index contributed by atoms with van der Waals surface area (Å²) in [6, 6.07) is 15.3. The highest BCUT2D eigenvalue weighted by Gasteiger charge is 2.25. The molecule has 236 valence electrons. The van der Waals surface area contributed by atoms with Gasteiger partial charge in [-0.2, -0.15) is 10.4 Å². The van der Waals surface area contributed by atoms with Gasteiger partial charge >= 0.3 is 5.97 Å². The van der Waals surface area contributed by atoms with Crippen LogP contribution in [0.4, 0.5) is 4.39 Å². The lowest BCUT2D eigenvalue weighted by Crippen LogP contribution is -2.33. The van der Waals surface area contributed by atoms with Gasteiger partial charge in [0.05, 0.1) is 47.6 Å². The molecule has 12 heteroatoms. The largest absolute Gasteiger partial charge is 0.478 e. The molecule has 6 rings (SSSR count). The van der Waals surface area contributed by atoms with Crippen LogP contribution in [0.25, 0.3) is 22.2 Å². The third-order valence-electron chi connectivity index (χ3n) is 8.39. The SMILES string of the molecule is COCCn1c(CN2CCC(c3cccc(OCc4ccc(C#N)cc4F)n3)CC2)nc2c(-c3cnn(C)c3)cc(C(=O)O)cc21. The average Bonchev–Trinajstić information content (AvgIpc) is 3.65. The van der Waals surface area contributed by atoms with E-state index in [-0.39, 0.29) is 23.7 Å². The minimum absolute atomic E-state index is 0.0208. The minimum Gasteiger partial charge on any atom is -0.478 e. The molecule has 0 atom stereocenters. The van der Waals surface area contributed by atoms with Crippen molar-refractivity contribution < 1.29 is 23.8 Å². The van der Waals surface area contributed by atoms with Crippen LogP contribution in [-0.2, 0) is 31.5 Å². The van der Waals surface area contributed by atoms with Crippen molar-refractivity contribution in [3.05, 3.63) is 95.0 Å². The fourth-order valence-corrected chi connectivity index (χ4v) is 5.94. The van der Waals surface area contributed by atoms with Gasteiger partial charge in [0.25, 0.3) is 0 Å². The molecule has 1 N–H and O–H groups in total. The second-order valence-electron chi connectivity index (χ2n) is 11.4. The Hall–Kier alpha value is -5.12. The Kier molecular flexibility index (Phi) is 9.05. The van der Waals surface area contributed by atoms with Crippen molar-refractivity contribution in [1.29, 1.82) is 5.26 Å². The number of hydrogen-bond donors (Lipinski definition) is 1. The zero-order valence-corrected chi connectivity index (χ0v) is 25.7. The molecule has 0 amide bonds. The van der Waals surface area contributed by atoms with E-state index in [9.17, 15) is 14.3 Å². The van der Waals surface area contributed by atoms with E-state index >= 15 is 0 Å². The number of ether oxygens (including phenoxy) is 2. The predicted molar refractivity (Wildman–Crippen MR) is 168 cm³/mol. The van der Waals surface area contributed by atoms with Gasteiger partial charge in [0.15, 0.2) is 0 Å². The van der Waals surface area contributed by atoms with Crippen LogP contribution in [0.5, 0.6) is 5.88 Å². The van der Waals surface area contributed by atoms with E-state index in [4.69, 9.17) is 24.7 Å². The summed E-state index contributed by atoms with van der Waals surface area (Å²) in [5.41, 5.74) is 4.78. The molecule has 3 aromatic heterocycles. The van der Waals surface area contributed by atoms with E-state index < -0.39 is 11.8 Å². The van der Waals surface area contributed by atoms with E-state index in [0.29, 0.717) is 31.1 Å². The molecule has 0 saturated carbocycles. The van der Waals surface area contributed by atoms with Crippen LogP contribution in [0.2, 0.25) is 0 Å². The van der Waals surface area contributed by atoms with Crippen molar-refractivity contribution in [1.82, 2.24) is 29.2 Å². The van der Waals surface area contributed by atoms with Crippen LogP contribution in [0, 0.1) is 17.1 Å². The first kappa shape index (κ1) is 30.9. The number of aryl methyl sites for hydroxylation is 1. The number of halogens is 1. The summed E-state index contributed by atoms with van der Waals surface area (Å²) >= 11 is 0. The number of rotatable bonds is 11. The Bertz CT molecular complexity index is 1920.